The third-order valence-corrected chi connectivity index (χ3v) is 4.73. The van der Waals surface area contributed by atoms with Crippen molar-refractivity contribution in [1.82, 2.24) is 4.98 Å². The quantitative estimate of drug-likeness (QED) is 0.382. The lowest BCUT2D eigenvalue weighted by Crippen LogP contribution is -1.80. The third kappa shape index (κ3) is 2.89. The highest BCUT2D eigenvalue weighted by Gasteiger charge is 2.08. The molecule has 4 aromatic rings. The van der Waals surface area contributed by atoms with Gasteiger partial charge in [-0.2, -0.15) is 0 Å². The van der Waals surface area contributed by atoms with Crippen molar-refractivity contribution in [1.29, 1.82) is 0 Å². The van der Waals surface area contributed by atoms with Crippen molar-refractivity contribution in [3.63, 3.8) is 0 Å². The Morgan fingerprint density at radius 3 is 2.31 bits per heavy atom. The zero-order valence-electron chi connectivity index (χ0n) is 14.9. The van der Waals surface area contributed by atoms with Crippen molar-refractivity contribution in [3.05, 3.63) is 103 Å². The van der Waals surface area contributed by atoms with Crippen LogP contribution in [0.3, 0.4) is 0 Å². The molecule has 0 radical (unpaired) electrons. The summed E-state index contributed by atoms with van der Waals surface area (Å²) >= 11 is 0. The summed E-state index contributed by atoms with van der Waals surface area (Å²) in [6, 6.07) is 23.7. The summed E-state index contributed by atoms with van der Waals surface area (Å²) in [6.45, 7) is 5.98. The second-order valence-electron chi connectivity index (χ2n) is 6.36. The van der Waals surface area contributed by atoms with E-state index < -0.39 is 0 Å². The second kappa shape index (κ2) is 6.89. The van der Waals surface area contributed by atoms with Crippen LogP contribution >= 0.6 is 0 Å². The van der Waals surface area contributed by atoms with Gasteiger partial charge in [0.05, 0.1) is 0 Å². The molecular weight excluding hydrogens is 314 g/mol. The monoisotopic (exact) mass is 335 g/mol. The van der Waals surface area contributed by atoms with Crippen LogP contribution < -0.4 is 0 Å². The Labute approximate surface area is 154 Å². The molecule has 126 valence electrons. The molecule has 0 saturated carbocycles. The zero-order chi connectivity index (χ0) is 17.9. The number of fused-ring (bicyclic) bond motifs is 3. The van der Waals surface area contributed by atoms with Gasteiger partial charge < -0.3 is 4.98 Å². The molecule has 26 heavy (non-hydrogen) atoms. The van der Waals surface area contributed by atoms with Crippen LogP contribution in [0.4, 0.5) is 0 Å². The van der Waals surface area contributed by atoms with Crippen LogP contribution in [0, 0.1) is 0 Å². The van der Waals surface area contributed by atoms with Gasteiger partial charge in [0.15, 0.2) is 0 Å². The molecule has 0 aliphatic carbocycles. The van der Waals surface area contributed by atoms with Gasteiger partial charge in [0.1, 0.15) is 0 Å². The maximum absolute atomic E-state index is 3.96. The third-order valence-electron chi connectivity index (χ3n) is 4.73. The van der Waals surface area contributed by atoms with E-state index >= 15 is 0 Å². The molecular formula is C25H21N. The molecule has 0 atom stereocenters. The van der Waals surface area contributed by atoms with Gasteiger partial charge in [-0.25, -0.2) is 0 Å². The number of rotatable bonds is 4. The number of allylic oxidation sites excluding steroid dienone is 5. The van der Waals surface area contributed by atoms with E-state index in [1.807, 2.05) is 31.2 Å². The van der Waals surface area contributed by atoms with Crippen molar-refractivity contribution in [2.75, 3.05) is 0 Å². The van der Waals surface area contributed by atoms with E-state index in [1.54, 1.807) is 0 Å². The number of hydrogen-bond donors (Lipinski definition) is 1. The van der Waals surface area contributed by atoms with Crippen molar-refractivity contribution < 1.29 is 0 Å². The molecule has 3 aromatic carbocycles. The van der Waals surface area contributed by atoms with Gasteiger partial charge in [0.25, 0.3) is 0 Å². The van der Waals surface area contributed by atoms with Crippen LogP contribution in [0.15, 0.2) is 97.6 Å². The van der Waals surface area contributed by atoms with Gasteiger partial charge in [-0.15, -0.1) is 0 Å². The molecule has 0 unspecified atom stereocenters. The lowest BCUT2D eigenvalue weighted by molar-refractivity contribution is 1.54. The predicted octanol–water partition coefficient (Wildman–Crippen LogP) is 7.13. The number of aromatic nitrogens is 1. The fourth-order valence-electron chi connectivity index (χ4n) is 3.37. The maximum atomic E-state index is 3.96. The van der Waals surface area contributed by atoms with Crippen LogP contribution in [-0.2, 0) is 0 Å². The maximum Gasteiger partial charge on any atom is 0.0465 e. The summed E-state index contributed by atoms with van der Waals surface area (Å²) in [4.78, 5) is 3.52. The number of nitrogens with one attached hydrogen (secondary N) is 1. The normalized spacial score (nSPS) is 12.3. The Bertz CT molecular complexity index is 1140. The molecule has 0 saturated heterocycles. The topological polar surface area (TPSA) is 15.8 Å². The predicted molar refractivity (Wildman–Crippen MR) is 114 cm³/mol. The van der Waals surface area contributed by atoms with E-state index in [0.29, 0.717) is 0 Å². The number of benzene rings is 3. The van der Waals surface area contributed by atoms with Crippen molar-refractivity contribution >= 4 is 27.4 Å². The molecule has 1 nitrogen and oxygen atoms in total. The Balaban J connectivity index is 1.91. The molecule has 1 heteroatoms. The first-order valence-electron chi connectivity index (χ1n) is 8.87. The zero-order valence-corrected chi connectivity index (χ0v) is 14.9. The highest BCUT2D eigenvalue weighted by atomic mass is 14.7. The van der Waals surface area contributed by atoms with Gasteiger partial charge in [-0.05, 0) is 53.5 Å². The summed E-state index contributed by atoms with van der Waals surface area (Å²) in [5, 5.41) is 2.49. The molecule has 0 fully saturated rings. The first kappa shape index (κ1) is 16.2. The Morgan fingerprint density at radius 2 is 1.58 bits per heavy atom. The van der Waals surface area contributed by atoms with Gasteiger partial charge in [0, 0.05) is 21.8 Å². The smallest absolute Gasteiger partial charge is 0.0465 e. The summed E-state index contributed by atoms with van der Waals surface area (Å²) in [7, 11) is 0. The largest absolute Gasteiger partial charge is 0.355 e. The van der Waals surface area contributed by atoms with Crippen LogP contribution in [0.5, 0.6) is 0 Å². The van der Waals surface area contributed by atoms with Crippen LogP contribution in [0.1, 0.15) is 12.5 Å². The van der Waals surface area contributed by atoms with Gasteiger partial charge in [-0.3, -0.25) is 0 Å². The highest BCUT2D eigenvalue weighted by Crippen LogP contribution is 2.32. The van der Waals surface area contributed by atoms with E-state index in [0.717, 1.165) is 16.6 Å². The Kier molecular flexibility index (Phi) is 4.28. The molecule has 1 heterocycles. The SMILES string of the molecule is C=C/C(=C\C=C/C)c1ccc2[nH]c3ccc(-c4ccccc4)cc3c2c1. The fourth-order valence-corrected chi connectivity index (χ4v) is 3.37. The van der Waals surface area contributed by atoms with Crippen LogP contribution in [0.25, 0.3) is 38.5 Å². The minimum absolute atomic E-state index is 1.12. The molecule has 1 N–H and O–H groups in total. The lowest BCUT2D eigenvalue weighted by atomic mass is 10.00. The first-order valence-corrected chi connectivity index (χ1v) is 8.87. The van der Waals surface area contributed by atoms with Crippen LogP contribution in [0.2, 0.25) is 0 Å². The molecule has 0 bridgehead atoms. The molecule has 0 amide bonds. The number of H-pyrrole nitrogens is 1. The minimum Gasteiger partial charge on any atom is -0.355 e. The molecule has 0 aliphatic rings. The summed E-state index contributed by atoms with van der Waals surface area (Å²) in [5.74, 6) is 0. The van der Waals surface area contributed by atoms with Crippen molar-refractivity contribution in [2.45, 2.75) is 6.92 Å². The molecule has 4 rings (SSSR count). The average molecular weight is 335 g/mol. The lowest BCUT2D eigenvalue weighted by Gasteiger charge is -2.04. The van der Waals surface area contributed by atoms with E-state index in [9.17, 15) is 0 Å². The highest BCUT2D eigenvalue weighted by molar-refractivity contribution is 6.09. The summed E-state index contributed by atoms with van der Waals surface area (Å²) in [6.07, 6.45) is 8.08. The average Bonchev–Trinajstić information content (AvgIpc) is 3.06. The van der Waals surface area contributed by atoms with E-state index in [2.05, 4.69) is 78.3 Å². The van der Waals surface area contributed by atoms with Crippen molar-refractivity contribution in [3.8, 4) is 11.1 Å². The van der Waals surface area contributed by atoms with Crippen LogP contribution in [-0.4, -0.2) is 4.98 Å². The van der Waals surface area contributed by atoms with E-state index in [-0.39, 0.29) is 0 Å². The van der Waals surface area contributed by atoms with Crippen molar-refractivity contribution in [2.24, 2.45) is 0 Å². The Morgan fingerprint density at radius 1 is 0.846 bits per heavy atom. The van der Waals surface area contributed by atoms with Gasteiger partial charge in [0.2, 0.25) is 0 Å². The summed E-state index contributed by atoms with van der Waals surface area (Å²) < 4.78 is 0. The fraction of sp³-hybridized carbons (Fsp3) is 0.0400. The Hall–Kier alpha value is -3.32. The van der Waals surface area contributed by atoms with E-state index in [4.69, 9.17) is 0 Å². The second-order valence-corrected chi connectivity index (χ2v) is 6.36. The van der Waals surface area contributed by atoms with Gasteiger partial charge >= 0.3 is 0 Å². The first-order chi connectivity index (χ1) is 12.8. The number of hydrogen-bond acceptors (Lipinski definition) is 0. The summed E-state index contributed by atoms with van der Waals surface area (Å²) in [5.41, 5.74) is 7.09. The van der Waals surface area contributed by atoms with Gasteiger partial charge in [-0.1, -0.05) is 73.3 Å². The van der Waals surface area contributed by atoms with E-state index in [1.165, 1.54) is 27.5 Å². The molecule has 0 aliphatic heterocycles. The number of aromatic amines is 1. The molecule has 1 aromatic heterocycles. The standard InChI is InChI=1S/C25H21N/c1-3-5-9-18(4-2)20-12-14-24-22(16-20)23-17-21(13-15-25(23)26-24)19-10-7-6-8-11-19/h3-17,26H,2H2,1H3/b5-3-,18-9+. The molecule has 0 spiro atoms. The minimum atomic E-state index is 1.12.